The number of nitrogens with zero attached hydrogens (tertiary/aromatic N) is 6. The standard InChI is InChI=1S/C20H21N7O2S/c1-13-7-15(10-21)9-16(8-13)20(28)25-14(2)19-23-12-24-27(19)18-6-5-17(11-22-18)26-30(3,4)29/h5-9,11-12,14H,1-4H3,(H,25,28)/t14-/m0/s1. The highest BCUT2D eigenvalue weighted by Crippen LogP contribution is 2.18. The summed E-state index contributed by atoms with van der Waals surface area (Å²) >= 11 is 0. The Morgan fingerprint density at radius 3 is 2.67 bits per heavy atom. The van der Waals surface area contributed by atoms with Gasteiger partial charge in [-0.05, 0) is 49.7 Å². The molecule has 1 N–H and O–H groups in total. The lowest BCUT2D eigenvalue weighted by atomic mass is 10.1. The zero-order valence-electron chi connectivity index (χ0n) is 17.0. The number of benzene rings is 1. The van der Waals surface area contributed by atoms with E-state index in [9.17, 15) is 9.00 Å². The third-order valence-corrected chi connectivity index (χ3v) is 4.70. The summed E-state index contributed by atoms with van der Waals surface area (Å²) in [6.07, 6.45) is 5.99. The van der Waals surface area contributed by atoms with E-state index in [0.717, 1.165) is 5.56 Å². The van der Waals surface area contributed by atoms with Crippen LogP contribution in [-0.2, 0) is 9.73 Å². The predicted molar refractivity (Wildman–Crippen MR) is 113 cm³/mol. The fourth-order valence-electron chi connectivity index (χ4n) is 2.86. The van der Waals surface area contributed by atoms with E-state index in [-0.39, 0.29) is 5.91 Å². The molecule has 1 aromatic carbocycles. The minimum Gasteiger partial charge on any atom is -0.342 e. The Morgan fingerprint density at radius 1 is 1.27 bits per heavy atom. The molecule has 3 rings (SSSR count). The molecule has 10 heteroatoms. The molecule has 9 nitrogen and oxygen atoms in total. The Balaban J connectivity index is 1.83. The van der Waals surface area contributed by atoms with Crippen LogP contribution in [0.15, 0.2) is 47.2 Å². The van der Waals surface area contributed by atoms with Crippen molar-refractivity contribution in [3.8, 4) is 11.9 Å². The van der Waals surface area contributed by atoms with Crippen molar-refractivity contribution in [3.63, 3.8) is 0 Å². The summed E-state index contributed by atoms with van der Waals surface area (Å²) in [5.74, 6) is 0.659. The van der Waals surface area contributed by atoms with Crippen LogP contribution in [0.1, 0.15) is 40.3 Å². The van der Waals surface area contributed by atoms with Crippen LogP contribution < -0.4 is 5.32 Å². The fraction of sp³-hybridized carbons (Fsp3) is 0.250. The van der Waals surface area contributed by atoms with Crippen LogP contribution in [0.2, 0.25) is 0 Å². The quantitative estimate of drug-likeness (QED) is 0.672. The monoisotopic (exact) mass is 423 g/mol. The second-order valence-corrected chi connectivity index (χ2v) is 9.62. The highest BCUT2D eigenvalue weighted by Gasteiger charge is 2.18. The number of amides is 1. The predicted octanol–water partition coefficient (Wildman–Crippen LogP) is 2.69. The molecule has 1 atom stereocenters. The summed E-state index contributed by atoms with van der Waals surface area (Å²) in [7, 11) is -2.28. The molecule has 0 bridgehead atoms. The maximum absolute atomic E-state index is 12.7. The molecular formula is C20H21N7O2S. The van der Waals surface area contributed by atoms with Crippen molar-refractivity contribution < 1.29 is 9.00 Å². The number of nitriles is 1. The van der Waals surface area contributed by atoms with Crippen molar-refractivity contribution in [2.45, 2.75) is 19.9 Å². The molecule has 0 aliphatic carbocycles. The minimum atomic E-state index is -2.28. The second kappa shape index (κ2) is 8.42. The van der Waals surface area contributed by atoms with Crippen LogP contribution in [0.5, 0.6) is 0 Å². The Morgan fingerprint density at radius 2 is 2.03 bits per heavy atom. The topological polar surface area (TPSA) is 126 Å². The van der Waals surface area contributed by atoms with Crippen LogP contribution in [-0.4, -0.2) is 42.4 Å². The Hall–Kier alpha value is -3.58. The fourth-order valence-corrected chi connectivity index (χ4v) is 3.47. The van der Waals surface area contributed by atoms with E-state index >= 15 is 0 Å². The van der Waals surface area contributed by atoms with Gasteiger partial charge in [-0.15, -0.1) is 0 Å². The van der Waals surface area contributed by atoms with Crippen LogP contribution >= 0.6 is 0 Å². The third-order valence-electron chi connectivity index (χ3n) is 4.05. The number of nitrogens with one attached hydrogen (secondary N) is 1. The number of hydrogen-bond donors (Lipinski definition) is 1. The zero-order valence-corrected chi connectivity index (χ0v) is 17.8. The Labute approximate surface area is 175 Å². The first-order chi connectivity index (χ1) is 14.2. The molecule has 0 fully saturated rings. The van der Waals surface area contributed by atoms with Crippen LogP contribution in [0, 0.1) is 18.3 Å². The van der Waals surface area contributed by atoms with E-state index in [2.05, 4.69) is 30.8 Å². The molecule has 1 amide bonds. The highest BCUT2D eigenvalue weighted by molar-refractivity contribution is 7.92. The van der Waals surface area contributed by atoms with E-state index in [1.165, 1.54) is 17.2 Å². The lowest BCUT2D eigenvalue weighted by Gasteiger charge is -2.15. The summed E-state index contributed by atoms with van der Waals surface area (Å²) in [5, 5.41) is 16.2. The van der Waals surface area contributed by atoms with E-state index < -0.39 is 15.8 Å². The first kappa shape index (κ1) is 21.1. The van der Waals surface area contributed by atoms with Gasteiger partial charge >= 0.3 is 0 Å². The van der Waals surface area contributed by atoms with Gasteiger partial charge < -0.3 is 5.32 Å². The van der Waals surface area contributed by atoms with Crippen molar-refractivity contribution in [2.24, 2.45) is 4.36 Å². The normalized spacial score (nSPS) is 12.1. The summed E-state index contributed by atoms with van der Waals surface area (Å²) in [5.41, 5.74) is 2.15. The van der Waals surface area contributed by atoms with Crippen molar-refractivity contribution in [2.75, 3.05) is 12.5 Å². The van der Waals surface area contributed by atoms with Crippen molar-refractivity contribution in [1.82, 2.24) is 25.1 Å². The Kier molecular flexibility index (Phi) is 5.94. The number of carbonyl (C=O) groups excluding carboxylic acids is 1. The van der Waals surface area contributed by atoms with Gasteiger partial charge in [0.15, 0.2) is 11.6 Å². The average Bonchev–Trinajstić information content (AvgIpc) is 3.16. The van der Waals surface area contributed by atoms with Gasteiger partial charge in [0.25, 0.3) is 5.91 Å². The van der Waals surface area contributed by atoms with Crippen molar-refractivity contribution in [3.05, 3.63) is 65.4 Å². The highest BCUT2D eigenvalue weighted by atomic mass is 32.2. The first-order valence-corrected chi connectivity index (χ1v) is 11.4. The summed E-state index contributed by atoms with van der Waals surface area (Å²) in [6.45, 7) is 3.61. The minimum absolute atomic E-state index is 0.319. The number of aryl methyl sites for hydroxylation is 1. The van der Waals surface area contributed by atoms with Gasteiger partial charge in [-0.2, -0.15) is 19.4 Å². The molecule has 3 aromatic rings. The van der Waals surface area contributed by atoms with E-state index in [1.54, 1.807) is 49.8 Å². The van der Waals surface area contributed by atoms with Crippen molar-refractivity contribution in [1.29, 1.82) is 5.26 Å². The van der Waals surface area contributed by atoms with E-state index in [4.69, 9.17) is 5.26 Å². The largest absolute Gasteiger partial charge is 0.342 e. The number of hydrogen-bond acceptors (Lipinski definition) is 7. The molecule has 2 aromatic heterocycles. The average molecular weight is 424 g/mol. The number of pyridine rings is 1. The molecule has 0 unspecified atom stereocenters. The molecular weight excluding hydrogens is 402 g/mol. The number of aromatic nitrogens is 4. The first-order valence-electron chi connectivity index (χ1n) is 9.02. The van der Waals surface area contributed by atoms with Gasteiger partial charge in [0, 0.05) is 27.8 Å². The molecule has 30 heavy (non-hydrogen) atoms. The summed E-state index contributed by atoms with van der Waals surface area (Å²) in [6, 6.07) is 9.95. The number of rotatable bonds is 5. The van der Waals surface area contributed by atoms with Crippen molar-refractivity contribution >= 4 is 21.3 Å². The molecule has 0 radical (unpaired) electrons. The van der Waals surface area contributed by atoms with Gasteiger partial charge in [-0.25, -0.2) is 14.2 Å². The second-order valence-electron chi connectivity index (χ2n) is 7.07. The Bertz CT molecular complexity index is 1240. The van der Waals surface area contributed by atoms with Crippen LogP contribution in [0.4, 0.5) is 5.69 Å². The van der Waals surface area contributed by atoms with E-state index in [0.29, 0.717) is 28.5 Å². The molecule has 154 valence electrons. The van der Waals surface area contributed by atoms with Gasteiger partial charge in [0.1, 0.15) is 6.33 Å². The van der Waals surface area contributed by atoms with Crippen LogP contribution in [0.25, 0.3) is 5.82 Å². The molecule has 0 spiro atoms. The third kappa shape index (κ3) is 5.07. The maximum atomic E-state index is 12.7. The van der Waals surface area contributed by atoms with Gasteiger partial charge in [-0.3, -0.25) is 4.79 Å². The smallest absolute Gasteiger partial charge is 0.251 e. The lowest BCUT2D eigenvalue weighted by Crippen LogP contribution is -2.29. The van der Waals surface area contributed by atoms with Gasteiger partial charge in [-0.1, -0.05) is 0 Å². The van der Waals surface area contributed by atoms with Gasteiger partial charge in [0.05, 0.1) is 29.6 Å². The number of carbonyl (C=O) groups is 1. The summed E-state index contributed by atoms with van der Waals surface area (Å²) < 4.78 is 17.4. The van der Waals surface area contributed by atoms with Crippen LogP contribution in [0.3, 0.4) is 0 Å². The maximum Gasteiger partial charge on any atom is 0.251 e. The molecule has 2 heterocycles. The molecule has 0 aliphatic rings. The lowest BCUT2D eigenvalue weighted by molar-refractivity contribution is 0.0937. The molecule has 0 saturated carbocycles. The zero-order chi connectivity index (χ0) is 21.9. The van der Waals surface area contributed by atoms with E-state index in [1.807, 2.05) is 6.92 Å². The molecule has 0 aliphatic heterocycles. The molecule has 0 saturated heterocycles. The summed E-state index contributed by atoms with van der Waals surface area (Å²) in [4.78, 5) is 21.2. The van der Waals surface area contributed by atoms with Gasteiger partial charge in [0.2, 0.25) is 0 Å². The SMILES string of the molecule is Cc1cc(C#N)cc(C(=O)N[C@@H](C)c2ncnn2-c2ccc(N=S(C)(C)=O)cn2)c1.